The van der Waals surface area contributed by atoms with Gasteiger partial charge in [-0.3, -0.25) is 4.79 Å². The van der Waals surface area contributed by atoms with E-state index >= 15 is 0 Å². The number of aryl methyl sites for hydroxylation is 1. The van der Waals surface area contributed by atoms with Gasteiger partial charge in [0, 0.05) is 29.2 Å². The number of para-hydroxylation sites is 2. The van der Waals surface area contributed by atoms with Gasteiger partial charge < -0.3 is 9.55 Å². The highest BCUT2D eigenvalue weighted by molar-refractivity contribution is 5.98. The molecular weight excluding hydrogens is 324 g/mol. The molecule has 5 nitrogen and oxygen atoms in total. The maximum atomic E-state index is 12.3. The van der Waals surface area contributed by atoms with Crippen LogP contribution in [0.25, 0.3) is 33.5 Å². The summed E-state index contributed by atoms with van der Waals surface area (Å²) in [5.74, 6) is 0.281. The number of allylic oxidation sites excluding steroid dienone is 1. The maximum absolute atomic E-state index is 12.3. The molecule has 2 heterocycles. The summed E-state index contributed by atoms with van der Waals surface area (Å²) < 4.78 is 2.09. The Morgan fingerprint density at radius 1 is 1.15 bits per heavy atom. The average Bonchev–Trinajstić information content (AvgIpc) is 2.91. The number of rotatable bonds is 2. The predicted molar refractivity (Wildman–Crippen MR) is 104 cm³/mol. The van der Waals surface area contributed by atoms with E-state index in [4.69, 9.17) is 0 Å². The van der Waals surface area contributed by atoms with Gasteiger partial charge in [-0.05, 0) is 31.2 Å². The van der Waals surface area contributed by atoms with Crippen molar-refractivity contribution >= 4 is 33.5 Å². The number of nitrogens with zero attached hydrogens (tertiary/aromatic N) is 3. The van der Waals surface area contributed by atoms with Crippen molar-refractivity contribution in [3.8, 4) is 6.07 Å². The zero-order valence-corrected chi connectivity index (χ0v) is 14.4. The number of nitrogens with one attached hydrogen (secondary N) is 1. The van der Waals surface area contributed by atoms with Crippen molar-refractivity contribution in [2.45, 2.75) is 6.92 Å². The van der Waals surface area contributed by atoms with E-state index in [0.717, 1.165) is 22.2 Å². The molecule has 0 aliphatic rings. The van der Waals surface area contributed by atoms with E-state index in [9.17, 15) is 10.1 Å². The Kier molecular flexibility index (Phi) is 3.67. The van der Waals surface area contributed by atoms with Gasteiger partial charge in [-0.1, -0.05) is 30.3 Å². The lowest BCUT2D eigenvalue weighted by molar-refractivity contribution is 0.916. The van der Waals surface area contributed by atoms with Crippen molar-refractivity contribution in [2.75, 3.05) is 0 Å². The van der Waals surface area contributed by atoms with Gasteiger partial charge in [0.1, 0.15) is 6.07 Å². The zero-order valence-electron chi connectivity index (χ0n) is 14.4. The second-order valence-electron chi connectivity index (χ2n) is 6.18. The van der Waals surface area contributed by atoms with Crippen LogP contribution in [0.15, 0.2) is 53.3 Å². The summed E-state index contributed by atoms with van der Waals surface area (Å²) in [7, 11) is 2.00. The second-order valence-corrected chi connectivity index (χ2v) is 6.18. The maximum Gasteiger partial charge on any atom is 0.259 e. The Morgan fingerprint density at radius 3 is 2.62 bits per heavy atom. The fourth-order valence-corrected chi connectivity index (χ4v) is 3.24. The molecule has 0 spiro atoms. The van der Waals surface area contributed by atoms with Crippen LogP contribution in [-0.4, -0.2) is 14.5 Å². The lowest BCUT2D eigenvalue weighted by atomic mass is 10.1. The van der Waals surface area contributed by atoms with Crippen LogP contribution < -0.4 is 5.56 Å². The summed E-state index contributed by atoms with van der Waals surface area (Å²) in [5, 5.41) is 11.3. The van der Waals surface area contributed by atoms with Gasteiger partial charge in [-0.25, -0.2) is 4.98 Å². The molecule has 2 aromatic carbocycles. The third-order valence-corrected chi connectivity index (χ3v) is 4.73. The van der Waals surface area contributed by atoms with Gasteiger partial charge >= 0.3 is 0 Å². The minimum absolute atomic E-state index is 0.249. The van der Waals surface area contributed by atoms with Crippen LogP contribution in [0.5, 0.6) is 0 Å². The van der Waals surface area contributed by atoms with Crippen molar-refractivity contribution in [2.24, 2.45) is 7.05 Å². The third kappa shape index (κ3) is 2.40. The highest BCUT2D eigenvalue weighted by Crippen LogP contribution is 2.28. The van der Waals surface area contributed by atoms with Crippen LogP contribution in [-0.2, 0) is 7.05 Å². The number of aromatic amines is 1. The summed E-state index contributed by atoms with van der Waals surface area (Å²) in [6.07, 6.45) is 1.80. The number of hydrogen-bond acceptors (Lipinski definition) is 3. The van der Waals surface area contributed by atoms with E-state index in [1.165, 1.54) is 0 Å². The first-order chi connectivity index (χ1) is 12.6. The Morgan fingerprint density at radius 2 is 1.85 bits per heavy atom. The Hall–Kier alpha value is -3.65. The standard InChI is InChI=1S/C21H16N4O/c1-13-17(15-7-4-6-10-19(15)25(13)2)11-14(12-22)20-23-18-9-5-3-8-16(18)21(26)24-20/h3-11H,1-2H3,(H,23,24,26)/b14-11-. The molecule has 4 aromatic rings. The van der Waals surface area contributed by atoms with E-state index in [0.29, 0.717) is 16.5 Å². The molecule has 2 aromatic heterocycles. The van der Waals surface area contributed by atoms with Gasteiger partial charge in [0.05, 0.1) is 16.5 Å². The normalized spacial score (nSPS) is 11.8. The van der Waals surface area contributed by atoms with Crippen LogP contribution in [0.4, 0.5) is 0 Å². The fourth-order valence-electron chi connectivity index (χ4n) is 3.24. The summed E-state index contributed by atoms with van der Waals surface area (Å²) in [6.45, 7) is 2.01. The van der Waals surface area contributed by atoms with Crippen LogP contribution in [0.3, 0.4) is 0 Å². The Labute approximate surface area is 149 Å². The summed E-state index contributed by atoms with van der Waals surface area (Å²) in [6, 6.07) is 17.3. The number of fused-ring (bicyclic) bond motifs is 2. The fraction of sp³-hybridized carbons (Fsp3) is 0.0952. The Bertz CT molecular complexity index is 1290. The molecule has 0 bridgehead atoms. The molecular formula is C21H16N4O. The van der Waals surface area contributed by atoms with E-state index in [1.807, 2.05) is 44.3 Å². The van der Waals surface area contributed by atoms with Crippen LogP contribution in [0, 0.1) is 18.3 Å². The lowest BCUT2D eigenvalue weighted by Crippen LogP contribution is -2.11. The van der Waals surface area contributed by atoms with E-state index < -0.39 is 0 Å². The first kappa shape index (κ1) is 15.9. The van der Waals surface area contributed by atoms with E-state index in [-0.39, 0.29) is 11.4 Å². The highest BCUT2D eigenvalue weighted by atomic mass is 16.1. The molecule has 0 atom stereocenters. The molecule has 5 heteroatoms. The summed E-state index contributed by atoms with van der Waals surface area (Å²) >= 11 is 0. The molecule has 0 amide bonds. The largest absolute Gasteiger partial charge is 0.347 e. The van der Waals surface area contributed by atoms with Gasteiger partial charge in [-0.15, -0.1) is 0 Å². The smallest absolute Gasteiger partial charge is 0.259 e. The molecule has 1 N–H and O–H groups in total. The number of H-pyrrole nitrogens is 1. The van der Waals surface area contributed by atoms with Gasteiger partial charge in [-0.2, -0.15) is 5.26 Å². The van der Waals surface area contributed by atoms with Gasteiger partial charge in [0.15, 0.2) is 5.82 Å². The minimum atomic E-state index is -0.249. The van der Waals surface area contributed by atoms with Crippen molar-refractivity contribution in [1.82, 2.24) is 14.5 Å². The summed E-state index contributed by atoms with van der Waals surface area (Å²) in [4.78, 5) is 19.5. The third-order valence-electron chi connectivity index (χ3n) is 4.73. The SMILES string of the molecule is Cc1c(/C=C(/C#N)c2nc3ccccc3c(=O)[nH]2)c2ccccc2n1C. The summed E-state index contributed by atoms with van der Waals surface area (Å²) in [5.41, 5.74) is 3.74. The first-order valence-electron chi connectivity index (χ1n) is 8.25. The molecule has 0 radical (unpaired) electrons. The number of hydrogen-bond donors (Lipinski definition) is 1. The van der Waals surface area contributed by atoms with Gasteiger partial charge in [0.2, 0.25) is 0 Å². The first-order valence-corrected chi connectivity index (χ1v) is 8.25. The van der Waals surface area contributed by atoms with E-state index in [1.54, 1.807) is 24.3 Å². The number of aromatic nitrogens is 3. The van der Waals surface area contributed by atoms with Gasteiger partial charge in [0.25, 0.3) is 5.56 Å². The monoisotopic (exact) mass is 340 g/mol. The van der Waals surface area contributed by atoms with Crippen LogP contribution in [0.1, 0.15) is 17.1 Å². The lowest BCUT2D eigenvalue weighted by Gasteiger charge is -2.02. The quantitative estimate of drug-likeness (QED) is 0.564. The number of nitriles is 1. The van der Waals surface area contributed by atoms with Crippen molar-refractivity contribution in [1.29, 1.82) is 5.26 Å². The van der Waals surface area contributed by atoms with Crippen LogP contribution >= 0.6 is 0 Å². The molecule has 0 saturated carbocycles. The second kappa shape index (κ2) is 6.01. The molecule has 4 rings (SSSR count). The predicted octanol–water partition coefficient (Wildman–Crippen LogP) is 3.79. The topological polar surface area (TPSA) is 74.5 Å². The van der Waals surface area contributed by atoms with Crippen molar-refractivity contribution < 1.29 is 0 Å². The van der Waals surface area contributed by atoms with Crippen molar-refractivity contribution in [3.63, 3.8) is 0 Å². The van der Waals surface area contributed by atoms with E-state index in [2.05, 4.69) is 20.6 Å². The molecule has 0 aliphatic carbocycles. The zero-order chi connectivity index (χ0) is 18.3. The molecule has 0 saturated heterocycles. The average molecular weight is 340 g/mol. The molecule has 0 aliphatic heterocycles. The molecule has 0 fully saturated rings. The van der Waals surface area contributed by atoms with Crippen LogP contribution in [0.2, 0.25) is 0 Å². The minimum Gasteiger partial charge on any atom is -0.347 e. The van der Waals surface area contributed by atoms with Crippen molar-refractivity contribution in [3.05, 3.63) is 76.0 Å². The molecule has 0 unspecified atom stereocenters. The molecule has 126 valence electrons. The number of benzene rings is 2. The molecule has 26 heavy (non-hydrogen) atoms. The Balaban J connectivity index is 1.96. The highest BCUT2D eigenvalue weighted by Gasteiger charge is 2.13.